The quantitative estimate of drug-likeness (QED) is 0.504. The van der Waals surface area contributed by atoms with Gasteiger partial charge in [0.1, 0.15) is 5.58 Å². The van der Waals surface area contributed by atoms with Crippen LogP contribution in [0.1, 0.15) is 11.6 Å². The minimum Gasteiger partial charge on any atom is -0.423 e. The summed E-state index contributed by atoms with van der Waals surface area (Å²) in [5.41, 5.74) is 1.04. The molecule has 0 aliphatic carbocycles. The van der Waals surface area contributed by atoms with Crippen molar-refractivity contribution in [2.75, 3.05) is 11.9 Å². The van der Waals surface area contributed by atoms with E-state index in [1.54, 1.807) is 43.4 Å². The lowest BCUT2D eigenvalue weighted by molar-refractivity contribution is -0.160. The number of hydroxylamine groups is 2. The van der Waals surface area contributed by atoms with E-state index in [2.05, 4.69) is 0 Å². The summed E-state index contributed by atoms with van der Waals surface area (Å²) in [6.07, 6.45) is -0.922. The van der Waals surface area contributed by atoms with Crippen molar-refractivity contribution in [1.82, 2.24) is 5.06 Å². The van der Waals surface area contributed by atoms with E-state index in [1.807, 2.05) is 18.2 Å². The number of carbonyl (C=O) groups is 2. The number of anilines is 1. The Hall–Kier alpha value is -3.29. The maximum atomic E-state index is 13.2. The highest BCUT2D eigenvalue weighted by atomic mass is 16.7. The Morgan fingerprint density at radius 2 is 1.61 bits per heavy atom. The topological polar surface area (TPSA) is 80.1 Å². The zero-order valence-electron chi connectivity index (χ0n) is 14.9. The molecule has 5 rings (SSSR count). The van der Waals surface area contributed by atoms with Crippen molar-refractivity contribution in [3.05, 3.63) is 76.6 Å². The van der Waals surface area contributed by atoms with Gasteiger partial charge in [0.2, 0.25) is 5.91 Å². The summed E-state index contributed by atoms with van der Waals surface area (Å²) in [6.45, 7) is 0. The van der Waals surface area contributed by atoms with E-state index in [0.29, 0.717) is 22.2 Å². The minimum atomic E-state index is -0.922. The van der Waals surface area contributed by atoms with Crippen LogP contribution in [0.2, 0.25) is 0 Å². The summed E-state index contributed by atoms with van der Waals surface area (Å²) in [5, 5.41) is 2.20. The van der Waals surface area contributed by atoms with E-state index >= 15 is 0 Å². The van der Waals surface area contributed by atoms with Gasteiger partial charge < -0.3 is 4.42 Å². The van der Waals surface area contributed by atoms with Gasteiger partial charge in [0, 0.05) is 18.5 Å². The molecule has 0 N–H and O–H groups in total. The van der Waals surface area contributed by atoms with Gasteiger partial charge in [-0.25, -0.2) is 9.69 Å². The van der Waals surface area contributed by atoms with Gasteiger partial charge in [-0.2, -0.15) is 5.06 Å². The summed E-state index contributed by atoms with van der Waals surface area (Å²) >= 11 is 0. The molecule has 3 heterocycles. The normalized spacial score (nSPS) is 24.9. The molecule has 2 aliphatic heterocycles. The van der Waals surface area contributed by atoms with Crippen LogP contribution in [0.5, 0.6) is 0 Å². The fourth-order valence-electron chi connectivity index (χ4n) is 4.15. The van der Waals surface area contributed by atoms with Crippen LogP contribution in [0, 0.1) is 5.92 Å². The minimum absolute atomic E-state index is 0.340. The van der Waals surface area contributed by atoms with Crippen LogP contribution in [-0.4, -0.2) is 30.0 Å². The number of hydrogen-bond donors (Lipinski definition) is 0. The molecule has 3 unspecified atom stereocenters. The summed E-state index contributed by atoms with van der Waals surface area (Å²) in [5.74, 6) is -1.49. The zero-order chi connectivity index (χ0) is 19.4. The highest BCUT2D eigenvalue weighted by Gasteiger charge is 2.59. The third-order valence-corrected chi connectivity index (χ3v) is 5.32. The highest BCUT2D eigenvalue weighted by Crippen LogP contribution is 2.46. The molecule has 2 aliphatic rings. The first-order valence-electron chi connectivity index (χ1n) is 8.91. The van der Waals surface area contributed by atoms with Crippen LogP contribution >= 0.6 is 0 Å². The Bertz CT molecular complexity index is 1160. The van der Waals surface area contributed by atoms with Gasteiger partial charge in [0.15, 0.2) is 6.10 Å². The lowest BCUT2D eigenvalue weighted by atomic mass is 9.89. The Morgan fingerprint density at radius 1 is 0.893 bits per heavy atom. The van der Waals surface area contributed by atoms with Crippen LogP contribution in [0.4, 0.5) is 5.69 Å². The molecule has 2 aromatic carbocycles. The molecule has 1 aromatic heterocycles. The largest absolute Gasteiger partial charge is 0.423 e. The second kappa shape index (κ2) is 6.12. The SMILES string of the molecule is CN1OC2C(=O)N(c3ccccc3)C(=O)C2C1c1cc(=O)oc2ccccc12. The Morgan fingerprint density at radius 3 is 2.39 bits per heavy atom. The number of fused-ring (bicyclic) bond motifs is 2. The monoisotopic (exact) mass is 376 g/mol. The van der Waals surface area contributed by atoms with Gasteiger partial charge in [-0.05, 0) is 23.8 Å². The second-order valence-corrected chi connectivity index (χ2v) is 6.91. The van der Waals surface area contributed by atoms with Gasteiger partial charge in [0.05, 0.1) is 17.6 Å². The van der Waals surface area contributed by atoms with E-state index in [-0.39, 0.29) is 5.91 Å². The van der Waals surface area contributed by atoms with E-state index in [4.69, 9.17) is 9.25 Å². The van der Waals surface area contributed by atoms with E-state index < -0.39 is 29.6 Å². The third-order valence-electron chi connectivity index (χ3n) is 5.32. The molecule has 140 valence electrons. The molecule has 0 radical (unpaired) electrons. The Kier molecular flexibility index (Phi) is 3.68. The Labute approximate surface area is 159 Å². The molecule has 0 spiro atoms. The highest BCUT2D eigenvalue weighted by molar-refractivity contribution is 6.23. The van der Waals surface area contributed by atoms with Crippen LogP contribution in [-0.2, 0) is 14.4 Å². The standard InChI is InChI=1S/C21H16N2O5/c1-22-18(14-11-16(24)27-15-10-6-5-9-13(14)15)17-19(28-22)21(26)23(20(17)25)12-7-3-2-4-8-12/h2-11,17-19H,1H3. The molecule has 0 saturated carbocycles. The van der Waals surface area contributed by atoms with Gasteiger partial charge in [-0.1, -0.05) is 36.4 Å². The number of hydrogen-bond acceptors (Lipinski definition) is 6. The van der Waals surface area contributed by atoms with Gasteiger partial charge >= 0.3 is 5.63 Å². The van der Waals surface area contributed by atoms with Crippen molar-refractivity contribution in [2.24, 2.45) is 5.92 Å². The van der Waals surface area contributed by atoms with Gasteiger partial charge in [-0.15, -0.1) is 0 Å². The molecule has 0 bridgehead atoms. The fraction of sp³-hybridized carbons (Fsp3) is 0.190. The summed E-state index contributed by atoms with van der Waals surface area (Å²) in [7, 11) is 1.67. The van der Waals surface area contributed by atoms with Crippen molar-refractivity contribution in [3.63, 3.8) is 0 Å². The maximum absolute atomic E-state index is 13.2. The lowest BCUT2D eigenvalue weighted by Crippen LogP contribution is -2.36. The first kappa shape index (κ1) is 16.9. The van der Waals surface area contributed by atoms with E-state index in [9.17, 15) is 14.4 Å². The van der Waals surface area contributed by atoms with Crippen molar-refractivity contribution in [1.29, 1.82) is 0 Å². The van der Waals surface area contributed by atoms with Crippen molar-refractivity contribution in [3.8, 4) is 0 Å². The molecular weight excluding hydrogens is 360 g/mol. The number of rotatable bonds is 2. The molecule has 3 aromatic rings. The maximum Gasteiger partial charge on any atom is 0.336 e. The van der Waals surface area contributed by atoms with Gasteiger partial charge in [-0.3, -0.25) is 14.4 Å². The van der Waals surface area contributed by atoms with Crippen molar-refractivity contribution >= 4 is 28.5 Å². The first-order chi connectivity index (χ1) is 13.6. The Balaban J connectivity index is 1.64. The predicted molar refractivity (Wildman–Crippen MR) is 100 cm³/mol. The fourth-order valence-corrected chi connectivity index (χ4v) is 4.15. The molecule has 7 heteroatoms. The van der Waals surface area contributed by atoms with Crippen LogP contribution in [0.15, 0.2) is 69.9 Å². The van der Waals surface area contributed by atoms with E-state index in [0.717, 1.165) is 0 Å². The van der Waals surface area contributed by atoms with Crippen LogP contribution < -0.4 is 10.5 Å². The molecule has 2 saturated heterocycles. The first-order valence-corrected chi connectivity index (χ1v) is 8.91. The number of amides is 2. The van der Waals surface area contributed by atoms with Crippen molar-refractivity contribution in [2.45, 2.75) is 12.1 Å². The third kappa shape index (κ3) is 2.33. The average Bonchev–Trinajstić information content (AvgIpc) is 3.16. The number of carbonyl (C=O) groups excluding carboxylic acids is 2. The smallest absolute Gasteiger partial charge is 0.336 e. The molecule has 2 amide bonds. The number of nitrogens with zero attached hydrogens (tertiary/aromatic N) is 2. The van der Waals surface area contributed by atoms with Crippen molar-refractivity contribution < 1.29 is 18.8 Å². The van der Waals surface area contributed by atoms with E-state index in [1.165, 1.54) is 16.0 Å². The molecule has 28 heavy (non-hydrogen) atoms. The number of imide groups is 1. The lowest BCUT2D eigenvalue weighted by Gasteiger charge is -2.24. The average molecular weight is 376 g/mol. The molecule has 3 atom stereocenters. The second-order valence-electron chi connectivity index (χ2n) is 6.91. The van der Waals surface area contributed by atoms with Crippen LogP contribution in [0.3, 0.4) is 0 Å². The summed E-state index contributed by atoms with van der Waals surface area (Å²) in [6, 6.07) is 16.7. The predicted octanol–water partition coefficient (Wildman–Crippen LogP) is 2.27. The summed E-state index contributed by atoms with van der Waals surface area (Å²) in [4.78, 5) is 45.2. The molecule has 7 nitrogen and oxygen atoms in total. The molecular formula is C21H16N2O5. The zero-order valence-corrected chi connectivity index (χ0v) is 14.9. The van der Waals surface area contributed by atoms with Crippen LogP contribution in [0.25, 0.3) is 11.0 Å². The molecule has 2 fully saturated rings. The number of benzene rings is 2. The van der Waals surface area contributed by atoms with Gasteiger partial charge in [0.25, 0.3) is 5.91 Å². The summed E-state index contributed by atoms with van der Waals surface area (Å²) < 4.78 is 5.27. The number of para-hydroxylation sites is 2.